The van der Waals surface area contributed by atoms with E-state index in [9.17, 15) is 8.42 Å². The van der Waals surface area contributed by atoms with E-state index in [1.54, 1.807) is 18.2 Å². The fourth-order valence-corrected chi connectivity index (χ4v) is 5.45. The van der Waals surface area contributed by atoms with Crippen LogP contribution in [0.4, 0.5) is 0 Å². The maximum Gasteiger partial charge on any atom is 0.297 e. The number of rotatable bonds is 36. The van der Waals surface area contributed by atoms with Crippen LogP contribution in [-0.4, -0.2) is 162 Å². The van der Waals surface area contributed by atoms with E-state index in [4.69, 9.17) is 56.0 Å². The summed E-state index contributed by atoms with van der Waals surface area (Å²) in [5.41, 5.74) is 0. The van der Waals surface area contributed by atoms with Crippen LogP contribution in [0.5, 0.6) is 0 Å². The predicted octanol–water partition coefficient (Wildman–Crippen LogP) is 3.58. The molecule has 1 aromatic carbocycles. The highest BCUT2D eigenvalue weighted by Crippen LogP contribution is 2.36. The largest absolute Gasteiger partial charge is 0.414 e. The van der Waals surface area contributed by atoms with Gasteiger partial charge in [0.1, 0.15) is 0 Å². The van der Waals surface area contributed by atoms with Gasteiger partial charge in [0.25, 0.3) is 10.1 Å². The minimum absolute atomic E-state index is 0.0584. The highest BCUT2D eigenvalue weighted by atomic mass is 32.2. The molecule has 0 atom stereocenters. The van der Waals surface area contributed by atoms with Gasteiger partial charge in [0.15, 0.2) is 8.32 Å². The summed E-state index contributed by atoms with van der Waals surface area (Å²) in [4.78, 5) is 0.121. The molecular weight excluding hydrogens is 693 g/mol. The van der Waals surface area contributed by atoms with Gasteiger partial charge >= 0.3 is 0 Å². The van der Waals surface area contributed by atoms with Crippen molar-refractivity contribution >= 4 is 18.4 Å². The third kappa shape index (κ3) is 26.6. The highest BCUT2D eigenvalue weighted by Gasteiger charge is 2.36. The first-order valence-electron chi connectivity index (χ1n) is 17.4. The molecular formula is C34H64O14SSi. The van der Waals surface area contributed by atoms with Crippen LogP contribution < -0.4 is 0 Å². The Labute approximate surface area is 301 Å². The molecule has 0 fully saturated rings. The summed E-state index contributed by atoms with van der Waals surface area (Å²) in [5.74, 6) is 0. The lowest BCUT2D eigenvalue weighted by molar-refractivity contribution is -0.0270. The first-order valence-corrected chi connectivity index (χ1v) is 21.7. The number of hydrogen-bond acceptors (Lipinski definition) is 14. The molecule has 0 aliphatic heterocycles. The molecule has 0 aliphatic carbocycles. The number of benzene rings is 1. The molecule has 1 aromatic rings. The third-order valence-electron chi connectivity index (χ3n) is 7.34. The van der Waals surface area contributed by atoms with Crippen molar-refractivity contribution < 1.29 is 64.4 Å². The van der Waals surface area contributed by atoms with E-state index < -0.39 is 18.4 Å². The van der Waals surface area contributed by atoms with Crippen LogP contribution in [0.25, 0.3) is 0 Å². The van der Waals surface area contributed by atoms with Crippen molar-refractivity contribution in [1.82, 2.24) is 0 Å². The summed E-state index contributed by atoms with van der Waals surface area (Å²) in [5, 5.41) is 0.210. The lowest BCUT2D eigenvalue weighted by atomic mass is 10.2. The molecule has 0 saturated carbocycles. The fraction of sp³-hybridized carbons (Fsp3) is 0.824. The lowest BCUT2D eigenvalue weighted by Gasteiger charge is -2.36. The van der Waals surface area contributed by atoms with Gasteiger partial charge in [-0.25, -0.2) is 0 Å². The monoisotopic (exact) mass is 756 g/mol. The van der Waals surface area contributed by atoms with E-state index in [0.717, 1.165) is 0 Å². The van der Waals surface area contributed by atoms with E-state index in [2.05, 4.69) is 33.9 Å². The van der Waals surface area contributed by atoms with Gasteiger partial charge in [-0.3, -0.25) is 4.18 Å². The molecule has 0 N–H and O–H groups in total. The second kappa shape index (κ2) is 30.4. The molecule has 0 spiro atoms. The third-order valence-corrected chi connectivity index (χ3v) is 13.2. The fourth-order valence-electron chi connectivity index (χ4n) is 3.51. The maximum atomic E-state index is 12.0. The average molecular weight is 757 g/mol. The molecule has 294 valence electrons. The summed E-state index contributed by atoms with van der Waals surface area (Å²) < 4.78 is 89.7. The lowest BCUT2D eigenvalue weighted by Crippen LogP contribution is -2.41. The van der Waals surface area contributed by atoms with Crippen LogP contribution in [0.2, 0.25) is 18.1 Å². The van der Waals surface area contributed by atoms with E-state index in [0.29, 0.717) is 132 Å². The van der Waals surface area contributed by atoms with E-state index in [-0.39, 0.29) is 23.1 Å². The zero-order chi connectivity index (χ0) is 36.7. The Morgan fingerprint density at radius 1 is 0.440 bits per heavy atom. The van der Waals surface area contributed by atoms with Crippen LogP contribution in [-0.2, 0) is 66.1 Å². The van der Waals surface area contributed by atoms with E-state index in [1.807, 2.05) is 0 Å². The van der Waals surface area contributed by atoms with Crippen molar-refractivity contribution in [3.63, 3.8) is 0 Å². The molecule has 0 unspecified atom stereocenters. The molecule has 0 bridgehead atoms. The summed E-state index contributed by atoms with van der Waals surface area (Å²) in [7, 11) is -5.46. The van der Waals surface area contributed by atoms with Crippen LogP contribution in [0.15, 0.2) is 35.2 Å². The van der Waals surface area contributed by atoms with Gasteiger partial charge in [-0.15, -0.1) is 0 Å². The standard InChI is InChI=1S/C34H64O14SSi/c1-34(2,3)50(4,5)48-32-30-46-28-26-44-24-22-42-20-18-40-16-14-38-12-11-37-13-15-39-17-19-41-21-23-43-25-27-45-29-31-47-49(35,36)33-9-7-6-8-10-33/h6-10H,11-32H2,1-5H3. The molecule has 16 heteroatoms. The predicted molar refractivity (Wildman–Crippen MR) is 191 cm³/mol. The zero-order valence-electron chi connectivity index (χ0n) is 31.1. The summed E-state index contributed by atoms with van der Waals surface area (Å²) in [6, 6.07) is 7.98. The highest BCUT2D eigenvalue weighted by molar-refractivity contribution is 7.86. The van der Waals surface area contributed by atoms with Crippen molar-refractivity contribution in [2.45, 2.75) is 43.8 Å². The van der Waals surface area contributed by atoms with Crippen molar-refractivity contribution in [3.8, 4) is 0 Å². The topological polar surface area (TPSA) is 145 Å². The Morgan fingerprint density at radius 3 is 0.980 bits per heavy atom. The molecule has 50 heavy (non-hydrogen) atoms. The Balaban J connectivity index is 1.68. The molecule has 14 nitrogen and oxygen atoms in total. The molecule has 0 amide bonds. The maximum absolute atomic E-state index is 12.0. The quantitative estimate of drug-likeness (QED) is 0.0559. The summed E-state index contributed by atoms with van der Waals surface area (Å²) in [6.45, 7) is 21.0. The van der Waals surface area contributed by atoms with Crippen molar-refractivity contribution in [2.24, 2.45) is 0 Å². The Hall–Kier alpha value is -1.09. The van der Waals surface area contributed by atoms with Gasteiger partial charge in [0.05, 0.1) is 150 Å². The Kier molecular flexibility index (Phi) is 28.5. The average Bonchev–Trinajstić information content (AvgIpc) is 3.08. The van der Waals surface area contributed by atoms with Crippen LogP contribution in [0.1, 0.15) is 20.8 Å². The van der Waals surface area contributed by atoms with Crippen LogP contribution in [0, 0.1) is 0 Å². The van der Waals surface area contributed by atoms with Crippen LogP contribution in [0.3, 0.4) is 0 Å². The smallest absolute Gasteiger partial charge is 0.297 e. The molecule has 0 saturated heterocycles. The van der Waals surface area contributed by atoms with Gasteiger partial charge in [-0.2, -0.15) is 8.42 Å². The van der Waals surface area contributed by atoms with Crippen molar-refractivity contribution in [1.29, 1.82) is 0 Å². The van der Waals surface area contributed by atoms with Crippen molar-refractivity contribution in [3.05, 3.63) is 30.3 Å². The summed E-state index contributed by atoms with van der Waals surface area (Å²) >= 11 is 0. The van der Waals surface area contributed by atoms with Gasteiger partial charge in [-0.1, -0.05) is 39.0 Å². The normalized spacial score (nSPS) is 12.6. The SMILES string of the molecule is CC(C)(C)[Si](C)(C)OCCOCCOCCOCCOCCOCCOCCOCCOCCOCCOCCOS(=O)(=O)c1ccccc1. The van der Waals surface area contributed by atoms with Gasteiger partial charge in [0, 0.05) is 0 Å². The van der Waals surface area contributed by atoms with Gasteiger partial charge in [-0.05, 0) is 30.3 Å². The van der Waals surface area contributed by atoms with Crippen molar-refractivity contribution in [2.75, 3.05) is 145 Å². The van der Waals surface area contributed by atoms with E-state index >= 15 is 0 Å². The first kappa shape index (κ1) is 46.9. The molecule has 1 rings (SSSR count). The molecule has 0 heterocycles. The van der Waals surface area contributed by atoms with Crippen LogP contribution >= 0.6 is 0 Å². The zero-order valence-corrected chi connectivity index (χ0v) is 32.9. The second-order valence-corrected chi connectivity index (χ2v) is 18.7. The Bertz CT molecular complexity index is 995. The molecule has 0 radical (unpaired) electrons. The van der Waals surface area contributed by atoms with Gasteiger partial charge in [0.2, 0.25) is 0 Å². The van der Waals surface area contributed by atoms with E-state index in [1.165, 1.54) is 12.1 Å². The molecule has 0 aromatic heterocycles. The minimum atomic E-state index is -3.76. The Morgan fingerprint density at radius 2 is 0.700 bits per heavy atom. The minimum Gasteiger partial charge on any atom is -0.414 e. The number of hydrogen-bond donors (Lipinski definition) is 0. The first-order chi connectivity index (χ1) is 24.1. The molecule has 0 aliphatic rings. The second-order valence-electron chi connectivity index (χ2n) is 12.3. The van der Waals surface area contributed by atoms with Gasteiger partial charge < -0.3 is 51.8 Å². The number of ether oxygens (including phenoxy) is 10. The summed E-state index contributed by atoms with van der Waals surface area (Å²) in [6.07, 6.45) is 0.